The average molecular weight is 638 g/mol. The number of hydrogen-bond acceptors (Lipinski definition) is 14. The van der Waals surface area contributed by atoms with Gasteiger partial charge in [0.25, 0.3) is 0 Å². The van der Waals surface area contributed by atoms with E-state index in [2.05, 4.69) is 10.6 Å². The molecule has 240 valence electrons. The predicted molar refractivity (Wildman–Crippen MR) is 138 cm³/mol. The molecule has 0 aromatic carbocycles. The van der Waals surface area contributed by atoms with Crippen molar-refractivity contribution in [3.63, 3.8) is 0 Å². The second-order valence-electron chi connectivity index (χ2n) is 10.1. The van der Waals surface area contributed by atoms with Crippen LogP contribution in [-0.4, -0.2) is 122 Å². The Hall–Kier alpha value is -1.08. The molecule has 2 rings (SSSR count). The summed E-state index contributed by atoms with van der Waals surface area (Å²) < 4.78 is 45.5. The number of carbonyl (C=O) groups is 2. The van der Waals surface area contributed by atoms with Crippen molar-refractivity contribution in [3.05, 3.63) is 0 Å². The number of carbonyl (C=O) groups excluding carboxylic acids is 2. The summed E-state index contributed by atoms with van der Waals surface area (Å²) in [5.41, 5.74) is 5.33. The number of phosphoric acid groups is 2. The first-order valence-electron chi connectivity index (χ1n) is 12.9. The molecular formula is C21H41N3O15P2. The lowest BCUT2D eigenvalue weighted by atomic mass is 9.80. The van der Waals surface area contributed by atoms with Crippen molar-refractivity contribution < 1.29 is 72.1 Å². The van der Waals surface area contributed by atoms with Gasteiger partial charge in [-0.2, -0.15) is 0 Å². The van der Waals surface area contributed by atoms with Crippen LogP contribution in [0.15, 0.2) is 0 Å². The highest BCUT2D eigenvalue weighted by molar-refractivity contribution is 7.47. The molecule has 2 saturated carbocycles. The number of hydrogen-bond donors (Lipinski definition) is 10. The Bertz CT molecular complexity index is 976. The summed E-state index contributed by atoms with van der Waals surface area (Å²) in [6.07, 6.45) is -9.73. The van der Waals surface area contributed by atoms with E-state index in [1.165, 1.54) is 0 Å². The molecule has 2 aliphatic carbocycles. The summed E-state index contributed by atoms with van der Waals surface area (Å²) in [5.74, 6) is -3.44. The maximum atomic E-state index is 12.8. The van der Waals surface area contributed by atoms with Gasteiger partial charge in [-0.15, -0.1) is 0 Å². The molecule has 0 heterocycles. The lowest BCUT2D eigenvalue weighted by Crippen LogP contribution is -2.61. The average Bonchev–Trinajstić information content (AvgIpc) is 2.86. The third-order valence-electron chi connectivity index (χ3n) is 6.84. The first kappa shape index (κ1) is 36.1. The molecule has 12 atom stereocenters. The normalized spacial score (nSPS) is 37.0. The fourth-order valence-corrected chi connectivity index (χ4v) is 6.82. The van der Waals surface area contributed by atoms with Crippen LogP contribution in [0.2, 0.25) is 0 Å². The largest absolute Gasteiger partial charge is 0.472 e. The number of rotatable bonds is 14. The molecule has 41 heavy (non-hydrogen) atoms. The Kier molecular flexibility index (Phi) is 13.7. The quantitative estimate of drug-likeness (QED) is 0.0663. The molecule has 2 amide bonds. The van der Waals surface area contributed by atoms with E-state index in [0.717, 1.165) is 13.8 Å². The highest BCUT2D eigenvalue weighted by Crippen LogP contribution is 2.50. The first-order chi connectivity index (χ1) is 19.0. The van der Waals surface area contributed by atoms with Crippen LogP contribution in [0.1, 0.15) is 33.1 Å². The van der Waals surface area contributed by atoms with Crippen molar-refractivity contribution in [1.29, 1.82) is 0 Å². The monoisotopic (exact) mass is 637 g/mol. The number of aliphatic hydroxyl groups excluding tert-OH is 5. The predicted octanol–water partition coefficient (Wildman–Crippen LogP) is -3.18. The molecular weight excluding hydrogens is 596 g/mol. The second-order valence-corrected chi connectivity index (χ2v) is 12.9. The highest BCUT2D eigenvalue weighted by atomic mass is 31.2. The Labute approximate surface area is 236 Å². The van der Waals surface area contributed by atoms with Gasteiger partial charge in [0.05, 0.1) is 49.7 Å². The minimum atomic E-state index is -5.02. The summed E-state index contributed by atoms with van der Waals surface area (Å²) in [7, 11) is -9.75. The van der Waals surface area contributed by atoms with Crippen LogP contribution in [0.3, 0.4) is 0 Å². The molecule has 0 aromatic rings. The Morgan fingerprint density at radius 1 is 0.805 bits per heavy atom. The van der Waals surface area contributed by atoms with E-state index in [4.69, 9.17) is 23.8 Å². The van der Waals surface area contributed by atoms with E-state index in [1.54, 1.807) is 0 Å². The number of nitrogens with two attached hydrogens (primary N) is 1. The summed E-state index contributed by atoms with van der Waals surface area (Å²) >= 11 is 0. The van der Waals surface area contributed by atoms with Gasteiger partial charge in [0.15, 0.2) is 0 Å². The molecule has 2 aliphatic rings. The molecule has 0 bridgehead atoms. The van der Waals surface area contributed by atoms with E-state index < -0.39 is 101 Å². The van der Waals surface area contributed by atoms with E-state index in [1.807, 2.05) is 0 Å². The molecule has 2 fully saturated rings. The summed E-state index contributed by atoms with van der Waals surface area (Å²) in [6, 6.07) is -2.70. The minimum absolute atomic E-state index is 0.165. The maximum absolute atomic E-state index is 12.8. The topological polar surface area (TPSA) is 297 Å². The van der Waals surface area contributed by atoms with Crippen molar-refractivity contribution in [1.82, 2.24) is 10.6 Å². The molecule has 20 heteroatoms. The van der Waals surface area contributed by atoms with E-state index in [0.29, 0.717) is 0 Å². The van der Waals surface area contributed by atoms with Crippen molar-refractivity contribution in [2.75, 3.05) is 26.4 Å². The van der Waals surface area contributed by atoms with Crippen LogP contribution < -0.4 is 16.4 Å². The van der Waals surface area contributed by atoms with Crippen LogP contribution in [0.5, 0.6) is 0 Å². The third-order valence-corrected chi connectivity index (χ3v) is 8.90. The van der Waals surface area contributed by atoms with Gasteiger partial charge in [0, 0.05) is 32.3 Å². The van der Waals surface area contributed by atoms with Gasteiger partial charge >= 0.3 is 15.6 Å². The standard InChI is InChI=1S/C21H41N3O15P2/c1-10(26)23-16-14(6-12(8-25)18(28)20(16)30)39-41(34,35)37-9-13-7-15(38-40(32,33)36-5-3-4-22)17(24-11(2)27)21(31)19(13)29/h12-21,25,28-31H,3-9,22H2,1-2H3,(H,23,26)(H,24,27)(H,32,33)(H,34,35)/t12-,13-,14+,15+,16-,17-,18-,19-,20-,21-/m1/s1. The molecule has 0 spiro atoms. The van der Waals surface area contributed by atoms with Crippen molar-refractivity contribution in [2.45, 2.75) is 81.8 Å². The van der Waals surface area contributed by atoms with Crippen LogP contribution in [0.4, 0.5) is 0 Å². The number of nitrogens with one attached hydrogen (secondary N) is 2. The fourth-order valence-electron chi connectivity index (χ4n) is 4.84. The van der Waals surface area contributed by atoms with Crippen molar-refractivity contribution in [3.8, 4) is 0 Å². The lowest BCUT2D eigenvalue weighted by Gasteiger charge is -2.43. The van der Waals surface area contributed by atoms with Gasteiger partial charge in [0.2, 0.25) is 11.8 Å². The van der Waals surface area contributed by atoms with Gasteiger partial charge in [-0.05, 0) is 25.8 Å². The van der Waals surface area contributed by atoms with Crippen LogP contribution >= 0.6 is 15.6 Å². The van der Waals surface area contributed by atoms with Gasteiger partial charge in [-0.3, -0.25) is 27.7 Å². The molecule has 2 unspecified atom stereocenters. The number of phosphoric ester groups is 2. The molecule has 0 saturated heterocycles. The third kappa shape index (κ3) is 10.5. The molecule has 11 N–H and O–H groups in total. The fraction of sp³-hybridized carbons (Fsp3) is 0.905. The van der Waals surface area contributed by atoms with Gasteiger partial charge in [0.1, 0.15) is 12.2 Å². The summed E-state index contributed by atoms with van der Waals surface area (Å²) in [6.45, 7) is 0.800. The molecule has 0 radical (unpaired) electrons. The molecule has 0 aromatic heterocycles. The van der Waals surface area contributed by atoms with Gasteiger partial charge in [-0.1, -0.05) is 0 Å². The Balaban J connectivity index is 2.16. The number of amides is 2. The molecule has 18 nitrogen and oxygen atoms in total. The zero-order valence-electron chi connectivity index (χ0n) is 22.6. The highest BCUT2D eigenvalue weighted by Gasteiger charge is 2.49. The second kappa shape index (κ2) is 15.6. The zero-order valence-corrected chi connectivity index (χ0v) is 24.4. The van der Waals surface area contributed by atoms with Crippen LogP contribution in [0.25, 0.3) is 0 Å². The summed E-state index contributed by atoms with van der Waals surface area (Å²) in [4.78, 5) is 43.8. The van der Waals surface area contributed by atoms with E-state index in [-0.39, 0.29) is 32.4 Å². The number of aliphatic hydroxyl groups is 5. The lowest BCUT2D eigenvalue weighted by molar-refractivity contribution is -0.136. The van der Waals surface area contributed by atoms with Gasteiger partial charge in [-0.25, -0.2) is 9.13 Å². The van der Waals surface area contributed by atoms with Crippen molar-refractivity contribution >= 4 is 27.5 Å². The smallest absolute Gasteiger partial charge is 0.396 e. The van der Waals surface area contributed by atoms with E-state index in [9.17, 15) is 54.0 Å². The Morgan fingerprint density at radius 3 is 1.68 bits per heavy atom. The Morgan fingerprint density at radius 2 is 1.24 bits per heavy atom. The van der Waals surface area contributed by atoms with Gasteiger partial charge < -0.3 is 51.7 Å². The first-order valence-corrected chi connectivity index (χ1v) is 15.9. The van der Waals surface area contributed by atoms with Crippen LogP contribution in [-0.2, 0) is 36.8 Å². The van der Waals surface area contributed by atoms with Crippen molar-refractivity contribution in [2.24, 2.45) is 17.6 Å². The van der Waals surface area contributed by atoms with E-state index >= 15 is 0 Å². The summed E-state index contributed by atoms with van der Waals surface area (Å²) in [5, 5.41) is 56.0. The molecule has 0 aliphatic heterocycles. The minimum Gasteiger partial charge on any atom is -0.396 e. The SMILES string of the molecule is CC(=O)N[C@H]1[C@@H](O)[C@H](O)[C@@H](CO)C[C@@H]1OP(=O)(O)OC[C@H]1C[C@H](OP(=O)(O)OCCCN)[C@@H](NC(C)=O)[C@@H](O)[C@@H]1O. The zero-order chi connectivity index (χ0) is 31.1. The van der Waals surface area contributed by atoms with Crippen LogP contribution in [0, 0.1) is 11.8 Å². The maximum Gasteiger partial charge on any atom is 0.472 e.